The van der Waals surface area contributed by atoms with Crippen LogP contribution in [0.3, 0.4) is 0 Å². The number of nitrogens with one attached hydrogen (secondary N) is 1. The van der Waals surface area contributed by atoms with Crippen molar-refractivity contribution in [2.45, 2.75) is 19.4 Å². The van der Waals surface area contributed by atoms with Gasteiger partial charge in [0.2, 0.25) is 0 Å². The fourth-order valence-corrected chi connectivity index (χ4v) is 2.68. The Morgan fingerprint density at radius 2 is 2.12 bits per heavy atom. The Morgan fingerprint density at radius 3 is 2.76 bits per heavy atom. The molecule has 3 nitrogen and oxygen atoms in total. The monoisotopic (exact) mass is 253 g/mol. The maximum absolute atomic E-state index is 6.07. The summed E-state index contributed by atoms with van der Waals surface area (Å²) in [6, 6.07) is 6.15. The first-order valence-electron chi connectivity index (χ1n) is 6.22. The number of piperazine rings is 1. The highest BCUT2D eigenvalue weighted by molar-refractivity contribution is 6.30. The molecule has 1 aliphatic heterocycles. The van der Waals surface area contributed by atoms with Gasteiger partial charge in [0.15, 0.2) is 0 Å². The Bertz CT molecular complexity index is 375. The van der Waals surface area contributed by atoms with E-state index in [1.54, 1.807) is 0 Å². The molecule has 0 bridgehead atoms. The molecule has 1 aromatic rings. The summed E-state index contributed by atoms with van der Waals surface area (Å²) in [6.07, 6.45) is 1.06. The SMILES string of the molecule is CC[C@H](c1cc(Cl)ccc1N)N1CCNCC1. The molecule has 94 valence electrons. The van der Waals surface area contributed by atoms with Crippen molar-refractivity contribution in [2.75, 3.05) is 31.9 Å². The summed E-state index contributed by atoms with van der Waals surface area (Å²) in [5.74, 6) is 0. The minimum atomic E-state index is 0.385. The lowest BCUT2D eigenvalue weighted by molar-refractivity contribution is 0.170. The smallest absolute Gasteiger partial charge is 0.0410 e. The van der Waals surface area contributed by atoms with E-state index >= 15 is 0 Å². The molecule has 2 rings (SSSR count). The number of halogens is 1. The van der Waals surface area contributed by atoms with Gasteiger partial charge in [0, 0.05) is 42.9 Å². The molecular formula is C13H20ClN3. The van der Waals surface area contributed by atoms with Crippen LogP contribution >= 0.6 is 11.6 Å². The number of anilines is 1. The topological polar surface area (TPSA) is 41.3 Å². The molecule has 4 heteroatoms. The lowest BCUT2D eigenvalue weighted by Gasteiger charge is -2.35. The number of nitrogen functional groups attached to an aromatic ring is 1. The molecule has 0 radical (unpaired) electrons. The van der Waals surface area contributed by atoms with Crippen molar-refractivity contribution in [3.05, 3.63) is 28.8 Å². The van der Waals surface area contributed by atoms with Crippen LogP contribution in [0.2, 0.25) is 5.02 Å². The van der Waals surface area contributed by atoms with Crippen LogP contribution in [-0.4, -0.2) is 31.1 Å². The van der Waals surface area contributed by atoms with Crippen LogP contribution in [0.25, 0.3) is 0 Å². The van der Waals surface area contributed by atoms with E-state index in [1.165, 1.54) is 5.56 Å². The molecule has 0 amide bonds. The third kappa shape index (κ3) is 2.92. The minimum absolute atomic E-state index is 0.385. The Kier molecular flexibility index (Phi) is 4.26. The Labute approximate surface area is 108 Å². The Hall–Kier alpha value is -0.770. The van der Waals surface area contributed by atoms with Crippen LogP contribution in [0.5, 0.6) is 0 Å². The van der Waals surface area contributed by atoms with Gasteiger partial charge in [-0.15, -0.1) is 0 Å². The third-order valence-electron chi connectivity index (χ3n) is 3.39. The Balaban J connectivity index is 2.24. The van der Waals surface area contributed by atoms with Crippen LogP contribution in [0.15, 0.2) is 18.2 Å². The van der Waals surface area contributed by atoms with E-state index in [1.807, 2.05) is 18.2 Å². The van der Waals surface area contributed by atoms with Gasteiger partial charge in [-0.25, -0.2) is 0 Å². The molecule has 1 saturated heterocycles. The van der Waals surface area contributed by atoms with E-state index in [2.05, 4.69) is 17.1 Å². The van der Waals surface area contributed by atoms with Crippen molar-refractivity contribution in [2.24, 2.45) is 0 Å². The summed E-state index contributed by atoms with van der Waals surface area (Å²) in [7, 11) is 0. The van der Waals surface area contributed by atoms with Crippen molar-refractivity contribution in [3.8, 4) is 0 Å². The largest absolute Gasteiger partial charge is 0.398 e. The zero-order valence-electron chi connectivity index (χ0n) is 10.2. The summed E-state index contributed by atoms with van der Waals surface area (Å²) < 4.78 is 0. The normalized spacial score (nSPS) is 19.2. The van der Waals surface area contributed by atoms with E-state index < -0.39 is 0 Å². The van der Waals surface area contributed by atoms with Gasteiger partial charge < -0.3 is 11.1 Å². The average Bonchev–Trinajstić information content (AvgIpc) is 2.36. The second-order valence-corrected chi connectivity index (χ2v) is 4.92. The molecule has 0 saturated carbocycles. The molecule has 1 aliphatic rings. The fraction of sp³-hybridized carbons (Fsp3) is 0.538. The van der Waals surface area contributed by atoms with Crippen LogP contribution in [0, 0.1) is 0 Å². The van der Waals surface area contributed by atoms with Gasteiger partial charge in [-0.05, 0) is 30.2 Å². The zero-order chi connectivity index (χ0) is 12.3. The van der Waals surface area contributed by atoms with E-state index in [-0.39, 0.29) is 0 Å². The highest BCUT2D eigenvalue weighted by atomic mass is 35.5. The van der Waals surface area contributed by atoms with E-state index in [0.717, 1.165) is 43.3 Å². The van der Waals surface area contributed by atoms with Crippen LogP contribution in [0.4, 0.5) is 5.69 Å². The molecule has 0 aliphatic carbocycles. The molecule has 1 atom stereocenters. The van der Waals surface area contributed by atoms with E-state index in [9.17, 15) is 0 Å². The molecule has 1 heterocycles. The van der Waals surface area contributed by atoms with Crippen molar-refractivity contribution < 1.29 is 0 Å². The second-order valence-electron chi connectivity index (χ2n) is 4.48. The molecule has 0 aromatic heterocycles. The van der Waals surface area contributed by atoms with Crippen LogP contribution in [0.1, 0.15) is 24.9 Å². The lowest BCUT2D eigenvalue weighted by Crippen LogP contribution is -2.45. The average molecular weight is 254 g/mol. The van der Waals surface area contributed by atoms with Crippen LogP contribution < -0.4 is 11.1 Å². The minimum Gasteiger partial charge on any atom is -0.398 e. The molecule has 1 fully saturated rings. The highest BCUT2D eigenvalue weighted by Gasteiger charge is 2.22. The van der Waals surface area contributed by atoms with Gasteiger partial charge >= 0.3 is 0 Å². The molecule has 0 spiro atoms. The standard InChI is InChI=1S/C13H20ClN3/c1-2-13(17-7-5-16-6-8-17)11-9-10(14)3-4-12(11)15/h3-4,9,13,16H,2,5-8,15H2,1H3/t13-/m1/s1. The first-order valence-corrected chi connectivity index (χ1v) is 6.60. The maximum Gasteiger partial charge on any atom is 0.0410 e. The Morgan fingerprint density at radius 1 is 1.41 bits per heavy atom. The summed E-state index contributed by atoms with van der Waals surface area (Å²) in [5.41, 5.74) is 8.09. The fourth-order valence-electron chi connectivity index (χ4n) is 2.50. The van der Waals surface area contributed by atoms with Crippen molar-refractivity contribution in [3.63, 3.8) is 0 Å². The number of nitrogens with two attached hydrogens (primary N) is 1. The lowest BCUT2D eigenvalue weighted by atomic mass is 10.00. The van der Waals surface area contributed by atoms with Gasteiger partial charge in [-0.3, -0.25) is 4.90 Å². The number of benzene rings is 1. The molecule has 1 aromatic carbocycles. The molecule has 0 unspecified atom stereocenters. The van der Waals surface area contributed by atoms with Crippen molar-refractivity contribution >= 4 is 17.3 Å². The zero-order valence-corrected chi connectivity index (χ0v) is 11.0. The van der Waals surface area contributed by atoms with Gasteiger partial charge in [-0.2, -0.15) is 0 Å². The molecular weight excluding hydrogens is 234 g/mol. The summed E-state index contributed by atoms with van der Waals surface area (Å²) in [4.78, 5) is 2.48. The maximum atomic E-state index is 6.07. The van der Waals surface area contributed by atoms with Gasteiger partial charge in [0.25, 0.3) is 0 Å². The van der Waals surface area contributed by atoms with Gasteiger partial charge in [0.05, 0.1) is 0 Å². The predicted octanol–water partition coefficient (Wildman–Crippen LogP) is 2.28. The van der Waals surface area contributed by atoms with Gasteiger partial charge in [-0.1, -0.05) is 18.5 Å². The predicted molar refractivity (Wildman–Crippen MR) is 73.3 cm³/mol. The molecule has 3 N–H and O–H groups in total. The number of nitrogens with zero attached hydrogens (tertiary/aromatic N) is 1. The van der Waals surface area contributed by atoms with E-state index in [0.29, 0.717) is 6.04 Å². The first-order chi connectivity index (χ1) is 8.22. The molecule has 17 heavy (non-hydrogen) atoms. The summed E-state index contributed by atoms with van der Waals surface area (Å²) in [5, 5.41) is 4.14. The second kappa shape index (κ2) is 5.71. The number of hydrogen-bond acceptors (Lipinski definition) is 3. The van der Waals surface area contributed by atoms with Crippen LogP contribution in [-0.2, 0) is 0 Å². The van der Waals surface area contributed by atoms with Gasteiger partial charge in [0.1, 0.15) is 0 Å². The van der Waals surface area contributed by atoms with E-state index in [4.69, 9.17) is 17.3 Å². The highest BCUT2D eigenvalue weighted by Crippen LogP contribution is 2.31. The summed E-state index contributed by atoms with van der Waals surface area (Å²) >= 11 is 6.07. The summed E-state index contributed by atoms with van der Waals surface area (Å²) in [6.45, 7) is 6.45. The first kappa shape index (κ1) is 12.7. The number of hydrogen-bond donors (Lipinski definition) is 2. The third-order valence-corrected chi connectivity index (χ3v) is 3.62. The van der Waals surface area contributed by atoms with Crippen molar-refractivity contribution in [1.82, 2.24) is 10.2 Å². The van der Waals surface area contributed by atoms with Crippen molar-refractivity contribution in [1.29, 1.82) is 0 Å². The number of rotatable bonds is 3. The quantitative estimate of drug-likeness (QED) is 0.812.